The number of nitrogens with zero attached hydrogens (tertiary/aromatic N) is 3. The molecule has 3 fully saturated rings. The van der Waals surface area contributed by atoms with E-state index in [1.54, 1.807) is 7.11 Å². The van der Waals surface area contributed by atoms with Crippen LogP contribution < -0.4 is 5.32 Å². The summed E-state index contributed by atoms with van der Waals surface area (Å²) < 4.78 is 11.3. The summed E-state index contributed by atoms with van der Waals surface area (Å²) in [6.07, 6.45) is 4.09. The fourth-order valence-corrected chi connectivity index (χ4v) is 3.94. The predicted octanol–water partition coefficient (Wildman–Crippen LogP) is 0.393. The van der Waals surface area contributed by atoms with E-state index < -0.39 is 0 Å². The maximum absolute atomic E-state index is 6.01. The van der Waals surface area contributed by atoms with E-state index in [0.29, 0.717) is 12.0 Å². The number of ether oxygens (including phenoxy) is 2. The third-order valence-corrected chi connectivity index (χ3v) is 5.15. The molecule has 0 aliphatic carbocycles. The average molecular weight is 310 g/mol. The van der Waals surface area contributed by atoms with Crippen molar-refractivity contribution in [1.82, 2.24) is 15.1 Å². The maximum Gasteiger partial charge on any atom is 0.193 e. The number of guanidine groups is 1. The minimum absolute atomic E-state index is 0.281. The standard InChI is InChI=1S/C16H30N4O2/c1-17-16(20-7-5-13(9-20)11-21-2)18-8-15-10-19-6-3-4-14(19)12-22-15/h13-15H,3-12H2,1-2H3,(H,17,18). The van der Waals surface area contributed by atoms with E-state index in [9.17, 15) is 0 Å². The van der Waals surface area contributed by atoms with Gasteiger partial charge >= 0.3 is 0 Å². The molecule has 0 spiro atoms. The highest BCUT2D eigenvalue weighted by Crippen LogP contribution is 2.22. The highest BCUT2D eigenvalue weighted by atomic mass is 16.5. The number of morpholine rings is 1. The summed E-state index contributed by atoms with van der Waals surface area (Å²) in [6.45, 7) is 6.98. The van der Waals surface area contributed by atoms with E-state index in [1.807, 2.05) is 7.05 Å². The number of hydrogen-bond donors (Lipinski definition) is 1. The molecular formula is C16H30N4O2. The zero-order valence-corrected chi connectivity index (χ0v) is 14.0. The summed E-state index contributed by atoms with van der Waals surface area (Å²) in [5, 5.41) is 3.51. The molecule has 3 saturated heterocycles. The Bertz CT molecular complexity index is 390. The van der Waals surface area contributed by atoms with Crippen LogP contribution in [0, 0.1) is 5.92 Å². The molecule has 1 N–H and O–H groups in total. The quantitative estimate of drug-likeness (QED) is 0.601. The molecule has 0 saturated carbocycles. The maximum atomic E-state index is 6.01. The van der Waals surface area contributed by atoms with E-state index in [4.69, 9.17) is 9.47 Å². The number of fused-ring (bicyclic) bond motifs is 1. The number of likely N-dealkylation sites (tertiary alicyclic amines) is 1. The molecular weight excluding hydrogens is 280 g/mol. The summed E-state index contributed by atoms with van der Waals surface area (Å²) >= 11 is 0. The van der Waals surface area contributed by atoms with Gasteiger partial charge in [0.25, 0.3) is 0 Å². The van der Waals surface area contributed by atoms with Crippen LogP contribution >= 0.6 is 0 Å². The van der Waals surface area contributed by atoms with E-state index in [0.717, 1.165) is 45.4 Å². The van der Waals surface area contributed by atoms with E-state index >= 15 is 0 Å². The third-order valence-electron chi connectivity index (χ3n) is 5.15. The highest BCUT2D eigenvalue weighted by molar-refractivity contribution is 5.80. The SMILES string of the molecule is CN=C(NCC1CN2CCCC2CO1)N1CCC(COC)C1. The second-order valence-corrected chi connectivity index (χ2v) is 6.73. The van der Waals surface area contributed by atoms with Crippen LogP contribution in [-0.4, -0.2) is 88.0 Å². The van der Waals surface area contributed by atoms with E-state index in [2.05, 4.69) is 20.1 Å². The van der Waals surface area contributed by atoms with Gasteiger partial charge in [0.2, 0.25) is 0 Å². The van der Waals surface area contributed by atoms with Crippen LogP contribution in [0.3, 0.4) is 0 Å². The van der Waals surface area contributed by atoms with Gasteiger partial charge in [0, 0.05) is 52.3 Å². The van der Waals surface area contributed by atoms with Crippen molar-refractivity contribution < 1.29 is 9.47 Å². The third kappa shape index (κ3) is 3.73. The van der Waals surface area contributed by atoms with Crippen LogP contribution in [0.25, 0.3) is 0 Å². The van der Waals surface area contributed by atoms with Crippen molar-refractivity contribution >= 4 is 5.96 Å². The van der Waals surface area contributed by atoms with Gasteiger partial charge in [0.15, 0.2) is 5.96 Å². The number of nitrogens with one attached hydrogen (secondary N) is 1. The second kappa shape index (κ2) is 7.62. The van der Waals surface area contributed by atoms with Crippen molar-refractivity contribution in [3.63, 3.8) is 0 Å². The van der Waals surface area contributed by atoms with Crippen LogP contribution in [0.15, 0.2) is 4.99 Å². The average Bonchev–Trinajstić information content (AvgIpc) is 3.17. The van der Waals surface area contributed by atoms with Gasteiger partial charge in [-0.3, -0.25) is 9.89 Å². The molecule has 126 valence electrons. The fraction of sp³-hybridized carbons (Fsp3) is 0.938. The predicted molar refractivity (Wildman–Crippen MR) is 87.3 cm³/mol. The van der Waals surface area contributed by atoms with Gasteiger partial charge in [-0.25, -0.2) is 0 Å². The molecule has 3 atom stereocenters. The van der Waals surface area contributed by atoms with E-state index in [1.165, 1.54) is 25.8 Å². The molecule has 0 aromatic rings. The monoisotopic (exact) mass is 310 g/mol. The summed E-state index contributed by atoms with van der Waals surface area (Å²) in [5.74, 6) is 1.63. The minimum Gasteiger partial charge on any atom is -0.384 e. The van der Waals surface area contributed by atoms with Crippen molar-refractivity contribution in [3.8, 4) is 0 Å². The molecule has 22 heavy (non-hydrogen) atoms. The second-order valence-electron chi connectivity index (χ2n) is 6.73. The van der Waals surface area contributed by atoms with Gasteiger partial charge in [-0.05, 0) is 25.8 Å². The molecule has 0 amide bonds. The number of methoxy groups -OCH3 is 1. The van der Waals surface area contributed by atoms with E-state index in [-0.39, 0.29) is 6.10 Å². The summed E-state index contributed by atoms with van der Waals surface area (Å²) in [7, 11) is 3.64. The Kier molecular flexibility index (Phi) is 5.55. The zero-order chi connectivity index (χ0) is 15.4. The molecule has 6 nitrogen and oxygen atoms in total. The highest BCUT2D eigenvalue weighted by Gasteiger charge is 2.32. The van der Waals surface area contributed by atoms with Gasteiger partial charge < -0.3 is 19.7 Å². The lowest BCUT2D eigenvalue weighted by Gasteiger charge is -2.35. The van der Waals surface area contributed by atoms with Gasteiger partial charge in [-0.1, -0.05) is 0 Å². The fourth-order valence-electron chi connectivity index (χ4n) is 3.94. The van der Waals surface area contributed by atoms with Crippen LogP contribution in [0.1, 0.15) is 19.3 Å². The first-order valence-electron chi connectivity index (χ1n) is 8.60. The Labute approximate surface area is 133 Å². The number of rotatable bonds is 4. The minimum atomic E-state index is 0.281. The lowest BCUT2D eigenvalue weighted by molar-refractivity contribution is -0.0454. The normalized spacial score (nSPS) is 33.3. The molecule has 0 aromatic carbocycles. The van der Waals surface area contributed by atoms with Gasteiger partial charge in [0.05, 0.1) is 19.3 Å². The summed E-state index contributed by atoms with van der Waals surface area (Å²) in [5.41, 5.74) is 0. The van der Waals surface area contributed by atoms with Gasteiger partial charge in [-0.2, -0.15) is 0 Å². The Hall–Kier alpha value is -0.850. The van der Waals surface area contributed by atoms with Crippen LogP contribution in [0.5, 0.6) is 0 Å². The largest absolute Gasteiger partial charge is 0.384 e. The first kappa shape index (κ1) is 16.0. The molecule has 0 aromatic heterocycles. The number of hydrogen-bond acceptors (Lipinski definition) is 4. The van der Waals surface area contributed by atoms with Gasteiger partial charge in [-0.15, -0.1) is 0 Å². The van der Waals surface area contributed by atoms with Crippen LogP contribution in [0.2, 0.25) is 0 Å². The number of aliphatic imine (C=N–C) groups is 1. The van der Waals surface area contributed by atoms with Crippen molar-refractivity contribution in [2.45, 2.75) is 31.4 Å². The van der Waals surface area contributed by atoms with Crippen molar-refractivity contribution in [2.75, 3.05) is 60.1 Å². The molecule has 0 bridgehead atoms. The zero-order valence-electron chi connectivity index (χ0n) is 14.0. The van der Waals surface area contributed by atoms with Crippen molar-refractivity contribution in [1.29, 1.82) is 0 Å². The molecule has 3 unspecified atom stereocenters. The lowest BCUT2D eigenvalue weighted by atomic mass is 10.1. The lowest BCUT2D eigenvalue weighted by Crippen LogP contribution is -2.51. The first-order valence-corrected chi connectivity index (χ1v) is 8.60. The molecule has 3 heterocycles. The van der Waals surface area contributed by atoms with Gasteiger partial charge in [0.1, 0.15) is 0 Å². The van der Waals surface area contributed by atoms with Crippen LogP contribution in [-0.2, 0) is 9.47 Å². The smallest absolute Gasteiger partial charge is 0.193 e. The van der Waals surface area contributed by atoms with Crippen molar-refractivity contribution in [3.05, 3.63) is 0 Å². The molecule has 3 aliphatic heterocycles. The Balaban J connectivity index is 1.44. The molecule has 3 aliphatic rings. The first-order chi connectivity index (χ1) is 10.8. The summed E-state index contributed by atoms with van der Waals surface area (Å²) in [4.78, 5) is 9.36. The Morgan fingerprint density at radius 2 is 2.23 bits per heavy atom. The molecule has 3 rings (SSSR count). The van der Waals surface area contributed by atoms with Crippen molar-refractivity contribution in [2.24, 2.45) is 10.9 Å². The Morgan fingerprint density at radius 1 is 1.32 bits per heavy atom. The molecule has 6 heteroatoms. The Morgan fingerprint density at radius 3 is 3.05 bits per heavy atom. The topological polar surface area (TPSA) is 49.3 Å². The molecule has 0 radical (unpaired) electrons. The summed E-state index contributed by atoms with van der Waals surface area (Å²) in [6, 6.07) is 0.670. The van der Waals surface area contributed by atoms with Crippen LogP contribution in [0.4, 0.5) is 0 Å².